The Kier molecular flexibility index (Phi) is 5.98. The van der Waals surface area contributed by atoms with Gasteiger partial charge in [-0.1, -0.05) is 23.2 Å². The van der Waals surface area contributed by atoms with Gasteiger partial charge in [0.1, 0.15) is 12.4 Å². The van der Waals surface area contributed by atoms with Crippen LogP contribution in [-0.2, 0) is 9.53 Å². The maximum Gasteiger partial charge on any atom is 0.337 e. The summed E-state index contributed by atoms with van der Waals surface area (Å²) in [6, 6.07) is 10.9. The highest BCUT2D eigenvalue weighted by Gasteiger charge is 2.10. The van der Waals surface area contributed by atoms with Crippen LogP contribution in [0.5, 0.6) is 5.75 Å². The fourth-order valence-corrected chi connectivity index (χ4v) is 2.08. The Labute approximate surface area is 143 Å². The molecular formula is C16H13Cl2NO4. The average Bonchev–Trinajstić information content (AvgIpc) is 2.52. The molecule has 120 valence electrons. The molecule has 0 aliphatic heterocycles. The largest absolute Gasteiger partial charge is 0.425 e. The maximum atomic E-state index is 12.2. The highest BCUT2D eigenvalue weighted by Crippen LogP contribution is 2.26. The quantitative estimate of drug-likeness (QED) is 0.655. The first-order valence-corrected chi connectivity index (χ1v) is 7.31. The molecule has 0 spiro atoms. The molecule has 5 nitrogen and oxygen atoms in total. The van der Waals surface area contributed by atoms with Crippen molar-refractivity contribution in [3.63, 3.8) is 0 Å². The molecule has 0 aromatic heterocycles. The standard InChI is InChI=1S/C16H13Cl2NO4/c1-22-9-15(20)23-12-5-2-10(3-6-12)16(21)19-14-8-11(17)4-7-13(14)18/h2-8H,9H2,1H3,(H,19,21). The second kappa shape index (κ2) is 7.97. The third-order valence-corrected chi connectivity index (χ3v) is 3.35. The molecule has 0 fully saturated rings. The Balaban J connectivity index is 2.05. The number of rotatable bonds is 5. The lowest BCUT2D eigenvalue weighted by Gasteiger charge is -2.08. The van der Waals surface area contributed by atoms with Crippen molar-refractivity contribution >= 4 is 40.8 Å². The monoisotopic (exact) mass is 353 g/mol. The fourth-order valence-electron chi connectivity index (χ4n) is 1.74. The first-order valence-electron chi connectivity index (χ1n) is 6.55. The van der Waals surface area contributed by atoms with Gasteiger partial charge in [0.05, 0.1) is 10.7 Å². The van der Waals surface area contributed by atoms with Crippen molar-refractivity contribution in [1.82, 2.24) is 0 Å². The fraction of sp³-hybridized carbons (Fsp3) is 0.125. The summed E-state index contributed by atoms with van der Waals surface area (Å²) in [5.74, 6) is -0.552. The van der Waals surface area contributed by atoms with Crippen LogP contribution in [0, 0.1) is 0 Å². The van der Waals surface area contributed by atoms with E-state index >= 15 is 0 Å². The number of ether oxygens (including phenoxy) is 2. The van der Waals surface area contributed by atoms with Gasteiger partial charge in [0.2, 0.25) is 0 Å². The molecule has 0 saturated heterocycles. The highest BCUT2D eigenvalue weighted by atomic mass is 35.5. The number of hydrogen-bond donors (Lipinski definition) is 1. The molecule has 0 unspecified atom stereocenters. The van der Waals surface area contributed by atoms with Gasteiger partial charge in [0, 0.05) is 17.7 Å². The van der Waals surface area contributed by atoms with Gasteiger partial charge in [-0.15, -0.1) is 0 Å². The van der Waals surface area contributed by atoms with E-state index in [1.54, 1.807) is 18.2 Å². The highest BCUT2D eigenvalue weighted by molar-refractivity contribution is 6.35. The summed E-state index contributed by atoms with van der Waals surface area (Å²) in [7, 11) is 1.40. The van der Waals surface area contributed by atoms with Crippen LogP contribution in [-0.4, -0.2) is 25.6 Å². The van der Waals surface area contributed by atoms with E-state index in [2.05, 4.69) is 10.1 Å². The molecule has 23 heavy (non-hydrogen) atoms. The number of anilines is 1. The summed E-state index contributed by atoms with van der Waals surface area (Å²) in [6.07, 6.45) is 0. The number of amides is 1. The van der Waals surface area contributed by atoms with Crippen molar-refractivity contribution in [2.45, 2.75) is 0 Å². The Hall–Kier alpha value is -2.08. The Morgan fingerprint density at radius 3 is 2.43 bits per heavy atom. The van der Waals surface area contributed by atoms with Crippen molar-refractivity contribution < 1.29 is 19.1 Å². The predicted molar refractivity (Wildman–Crippen MR) is 88.4 cm³/mol. The van der Waals surface area contributed by atoms with Crippen LogP contribution in [0.15, 0.2) is 42.5 Å². The van der Waals surface area contributed by atoms with Crippen molar-refractivity contribution in [3.8, 4) is 5.75 Å². The number of esters is 1. The lowest BCUT2D eigenvalue weighted by atomic mass is 10.2. The van der Waals surface area contributed by atoms with E-state index in [0.29, 0.717) is 27.0 Å². The van der Waals surface area contributed by atoms with E-state index in [1.165, 1.54) is 31.4 Å². The second-order valence-electron chi connectivity index (χ2n) is 4.51. The van der Waals surface area contributed by atoms with E-state index in [9.17, 15) is 9.59 Å². The summed E-state index contributed by atoms with van der Waals surface area (Å²) in [5.41, 5.74) is 0.798. The molecule has 0 atom stereocenters. The summed E-state index contributed by atoms with van der Waals surface area (Å²) < 4.78 is 9.67. The molecule has 0 heterocycles. The molecular weight excluding hydrogens is 341 g/mol. The Morgan fingerprint density at radius 1 is 1.09 bits per heavy atom. The van der Waals surface area contributed by atoms with Crippen LogP contribution in [0.25, 0.3) is 0 Å². The molecule has 2 aromatic rings. The molecule has 0 radical (unpaired) electrons. The zero-order valence-corrected chi connectivity index (χ0v) is 13.6. The van der Waals surface area contributed by atoms with Crippen LogP contribution in [0.2, 0.25) is 10.0 Å². The first kappa shape index (κ1) is 17.3. The second-order valence-corrected chi connectivity index (χ2v) is 5.35. The van der Waals surface area contributed by atoms with Crippen molar-refractivity contribution in [2.75, 3.05) is 19.0 Å². The van der Waals surface area contributed by atoms with Crippen molar-refractivity contribution in [3.05, 3.63) is 58.1 Å². The SMILES string of the molecule is COCC(=O)Oc1ccc(C(=O)Nc2cc(Cl)ccc2Cl)cc1. The minimum atomic E-state index is -0.518. The Bertz CT molecular complexity index is 717. The number of benzene rings is 2. The van der Waals surface area contributed by atoms with E-state index in [0.717, 1.165) is 0 Å². The summed E-state index contributed by atoms with van der Waals surface area (Å²) in [6.45, 7) is -0.143. The zero-order valence-electron chi connectivity index (χ0n) is 12.1. The summed E-state index contributed by atoms with van der Waals surface area (Å²) >= 11 is 11.9. The predicted octanol–water partition coefficient (Wildman–Crippen LogP) is 3.80. The van der Waals surface area contributed by atoms with E-state index < -0.39 is 5.97 Å². The van der Waals surface area contributed by atoms with Crippen LogP contribution >= 0.6 is 23.2 Å². The van der Waals surface area contributed by atoms with Gasteiger partial charge in [0.25, 0.3) is 5.91 Å². The topological polar surface area (TPSA) is 64.6 Å². The normalized spacial score (nSPS) is 10.2. The summed E-state index contributed by atoms with van der Waals surface area (Å²) in [4.78, 5) is 23.5. The maximum absolute atomic E-state index is 12.2. The number of hydrogen-bond acceptors (Lipinski definition) is 4. The van der Waals surface area contributed by atoms with Crippen LogP contribution < -0.4 is 10.1 Å². The van der Waals surface area contributed by atoms with E-state index in [1.807, 2.05) is 0 Å². The third kappa shape index (κ3) is 4.96. The smallest absolute Gasteiger partial charge is 0.337 e. The minimum Gasteiger partial charge on any atom is -0.425 e. The van der Waals surface area contributed by atoms with E-state index in [-0.39, 0.29) is 12.5 Å². The molecule has 1 amide bonds. The van der Waals surface area contributed by atoms with Crippen molar-refractivity contribution in [2.24, 2.45) is 0 Å². The van der Waals surface area contributed by atoms with Crippen LogP contribution in [0.1, 0.15) is 10.4 Å². The lowest BCUT2D eigenvalue weighted by molar-refractivity contribution is -0.138. The van der Waals surface area contributed by atoms with Gasteiger partial charge >= 0.3 is 5.97 Å². The molecule has 0 aliphatic rings. The molecule has 2 rings (SSSR count). The molecule has 7 heteroatoms. The van der Waals surface area contributed by atoms with E-state index in [4.69, 9.17) is 27.9 Å². The van der Waals surface area contributed by atoms with Crippen LogP contribution in [0.3, 0.4) is 0 Å². The van der Waals surface area contributed by atoms with Gasteiger partial charge in [-0.05, 0) is 42.5 Å². The third-order valence-electron chi connectivity index (χ3n) is 2.79. The molecule has 1 N–H and O–H groups in total. The molecule has 0 saturated carbocycles. The van der Waals surface area contributed by atoms with Gasteiger partial charge < -0.3 is 14.8 Å². The minimum absolute atomic E-state index is 0.143. The number of halogens is 2. The first-order chi connectivity index (χ1) is 11.0. The van der Waals surface area contributed by atoms with Gasteiger partial charge in [-0.3, -0.25) is 4.79 Å². The number of methoxy groups -OCH3 is 1. The van der Waals surface area contributed by atoms with Crippen molar-refractivity contribution in [1.29, 1.82) is 0 Å². The van der Waals surface area contributed by atoms with Gasteiger partial charge in [-0.25, -0.2) is 4.79 Å². The molecule has 0 aliphatic carbocycles. The zero-order chi connectivity index (χ0) is 16.8. The Morgan fingerprint density at radius 2 is 1.78 bits per heavy atom. The van der Waals surface area contributed by atoms with Crippen LogP contribution in [0.4, 0.5) is 5.69 Å². The molecule has 0 bridgehead atoms. The lowest BCUT2D eigenvalue weighted by Crippen LogP contribution is -2.15. The van der Waals surface area contributed by atoms with Gasteiger partial charge in [-0.2, -0.15) is 0 Å². The average molecular weight is 354 g/mol. The number of carbonyl (C=O) groups is 2. The van der Waals surface area contributed by atoms with Gasteiger partial charge in [0.15, 0.2) is 0 Å². The number of carbonyl (C=O) groups excluding carboxylic acids is 2. The number of nitrogens with one attached hydrogen (secondary N) is 1. The summed E-state index contributed by atoms with van der Waals surface area (Å²) in [5, 5.41) is 3.51. The molecule has 2 aromatic carbocycles.